The largest absolute Gasteiger partial charge is 0.494 e. The van der Waals surface area contributed by atoms with E-state index in [1.165, 1.54) is 0 Å². The molecule has 0 bridgehead atoms. The quantitative estimate of drug-likeness (QED) is 0.790. The Morgan fingerprint density at radius 1 is 1.21 bits per heavy atom. The molecule has 0 spiro atoms. The van der Waals surface area contributed by atoms with Crippen molar-refractivity contribution in [3.8, 4) is 5.75 Å². The molecule has 0 aliphatic rings. The molecule has 0 aliphatic carbocycles. The third kappa shape index (κ3) is 4.37. The predicted molar refractivity (Wildman–Crippen MR) is 94.6 cm³/mol. The molecule has 0 aliphatic heterocycles. The van der Waals surface area contributed by atoms with Crippen LogP contribution in [0.1, 0.15) is 18.7 Å². The Kier molecular flexibility index (Phi) is 6.04. The highest BCUT2D eigenvalue weighted by molar-refractivity contribution is 7.89. The molecule has 6 nitrogen and oxygen atoms in total. The highest BCUT2D eigenvalue weighted by Gasteiger charge is 2.21. The van der Waals surface area contributed by atoms with Crippen molar-refractivity contribution in [3.63, 3.8) is 0 Å². The summed E-state index contributed by atoms with van der Waals surface area (Å²) in [6, 6.07) is 10.3. The van der Waals surface area contributed by atoms with Gasteiger partial charge >= 0.3 is 0 Å². The molecule has 1 aromatic heterocycles. The number of rotatable bonds is 8. The molecule has 1 N–H and O–H groups in total. The number of nitrogens with zero attached hydrogens (tertiary/aromatic N) is 2. The second-order valence-electron chi connectivity index (χ2n) is 5.78. The maximum Gasteiger partial charge on any atom is 0.240 e. The number of ether oxygens (including phenoxy) is 1. The number of sulfonamides is 1. The molecular formula is C17H25N3O3S. The second-order valence-corrected chi connectivity index (χ2v) is 7.55. The number of aromatic nitrogens is 1. The lowest BCUT2D eigenvalue weighted by Gasteiger charge is -2.25. The maximum atomic E-state index is 12.5. The van der Waals surface area contributed by atoms with Crippen molar-refractivity contribution in [2.45, 2.75) is 17.9 Å². The zero-order valence-electron chi connectivity index (χ0n) is 14.6. The molecule has 2 rings (SSSR count). The summed E-state index contributed by atoms with van der Waals surface area (Å²) in [6.07, 6.45) is 1.95. The van der Waals surface area contributed by atoms with E-state index in [0.29, 0.717) is 18.9 Å². The Hall–Kier alpha value is -1.83. The van der Waals surface area contributed by atoms with Gasteiger partial charge in [0.15, 0.2) is 0 Å². The van der Waals surface area contributed by atoms with E-state index in [1.807, 2.05) is 55.9 Å². The van der Waals surface area contributed by atoms with Gasteiger partial charge in [-0.15, -0.1) is 0 Å². The molecule has 0 fully saturated rings. The van der Waals surface area contributed by atoms with Crippen LogP contribution in [0.2, 0.25) is 0 Å². The predicted octanol–water partition coefficient (Wildman–Crippen LogP) is 2.00. The molecule has 1 atom stereocenters. The first-order chi connectivity index (χ1) is 11.3. The van der Waals surface area contributed by atoms with E-state index >= 15 is 0 Å². The van der Waals surface area contributed by atoms with Crippen LogP contribution >= 0.6 is 0 Å². The fraction of sp³-hybridized carbons (Fsp3) is 0.412. The lowest BCUT2D eigenvalue weighted by atomic mass is 10.2. The number of aryl methyl sites for hydroxylation is 1. The normalized spacial score (nSPS) is 13.2. The number of benzene rings is 1. The SMILES string of the molecule is CCOc1ccc(S(=O)(=O)NCC(c2cccn2C)N(C)C)cc1. The van der Waals surface area contributed by atoms with Crippen molar-refractivity contribution in [2.24, 2.45) is 7.05 Å². The summed E-state index contributed by atoms with van der Waals surface area (Å²) >= 11 is 0. The summed E-state index contributed by atoms with van der Waals surface area (Å²) in [5, 5.41) is 0. The van der Waals surface area contributed by atoms with Crippen molar-refractivity contribution in [3.05, 3.63) is 48.3 Å². The monoisotopic (exact) mass is 351 g/mol. The standard InChI is InChI=1S/C17H25N3O3S/c1-5-23-14-8-10-15(11-9-14)24(21,22)18-13-17(19(2)3)16-7-6-12-20(16)4/h6-12,17-18H,5,13H2,1-4H3. The number of likely N-dealkylation sites (N-methyl/N-ethyl adjacent to an activating group) is 1. The van der Waals surface area contributed by atoms with Gasteiger partial charge in [-0.2, -0.15) is 0 Å². The number of hydrogen-bond acceptors (Lipinski definition) is 4. The van der Waals surface area contributed by atoms with Gasteiger partial charge in [0.05, 0.1) is 17.5 Å². The minimum absolute atomic E-state index is 0.0533. The molecule has 132 valence electrons. The maximum absolute atomic E-state index is 12.5. The van der Waals surface area contributed by atoms with Gasteiger partial charge in [-0.05, 0) is 57.4 Å². The Balaban J connectivity index is 2.12. The molecule has 24 heavy (non-hydrogen) atoms. The first kappa shape index (κ1) is 18.5. The third-order valence-corrected chi connectivity index (χ3v) is 5.30. The second kappa shape index (κ2) is 7.83. The summed E-state index contributed by atoms with van der Waals surface area (Å²) in [6.45, 7) is 2.73. The summed E-state index contributed by atoms with van der Waals surface area (Å²) in [4.78, 5) is 2.23. The summed E-state index contributed by atoms with van der Waals surface area (Å²) < 4.78 is 35.0. The highest BCUT2D eigenvalue weighted by atomic mass is 32.2. The van der Waals surface area contributed by atoms with Crippen LogP contribution in [0, 0.1) is 0 Å². The van der Waals surface area contributed by atoms with E-state index < -0.39 is 10.0 Å². The molecule has 2 aromatic rings. The van der Waals surface area contributed by atoms with Crippen LogP contribution in [-0.4, -0.2) is 45.1 Å². The van der Waals surface area contributed by atoms with Gasteiger partial charge < -0.3 is 9.30 Å². The summed E-state index contributed by atoms with van der Waals surface area (Å²) in [7, 11) is 2.25. The van der Waals surface area contributed by atoms with Gasteiger partial charge in [-0.1, -0.05) is 0 Å². The molecule has 7 heteroatoms. The molecule has 0 radical (unpaired) electrons. The molecule has 0 saturated heterocycles. The van der Waals surface area contributed by atoms with Crippen LogP contribution in [0.5, 0.6) is 5.75 Å². The van der Waals surface area contributed by atoms with E-state index in [2.05, 4.69) is 4.72 Å². The first-order valence-corrected chi connectivity index (χ1v) is 9.33. The van der Waals surface area contributed by atoms with E-state index in [0.717, 1.165) is 5.69 Å². The molecular weight excluding hydrogens is 326 g/mol. The third-order valence-electron chi connectivity index (χ3n) is 3.86. The number of nitrogens with one attached hydrogen (secondary N) is 1. The smallest absolute Gasteiger partial charge is 0.240 e. The molecule has 0 amide bonds. The van der Waals surface area contributed by atoms with Crippen molar-refractivity contribution >= 4 is 10.0 Å². The van der Waals surface area contributed by atoms with Crippen LogP contribution in [-0.2, 0) is 17.1 Å². The van der Waals surface area contributed by atoms with E-state index in [1.54, 1.807) is 24.3 Å². The zero-order chi connectivity index (χ0) is 17.7. The molecule has 0 saturated carbocycles. The van der Waals surface area contributed by atoms with Gasteiger partial charge in [0.1, 0.15) is 5.75 Å². The first-order valence-electron chi connectivity index (χ1n) is 7.85. The van der Waals surface area contributed by atoms with Crippen molar-refractivity contribution in [1.29, 1.82) is 0 Å². The van der Waals surface area contributed by atoms with Gasteiger partial charge in [0.2, 0.25) is 10.0 Å². The Morgan fingerprint density at radius 3 is 2.38 bits per heavy atom. The fourth-order valence-corrected chi connectivity index (χ4v) is 3.56. The minimum Gasteiger partial charge on any atom is -0.494 e. The fourth-order valence-electron chi connectivity index (χ4n) is 2.53. The summed E-state index contributed by atoms with van der Waals surface area (Å²) in [5.74, 6) is 0.659. The van der Waals surface area contributed by atoms with E-state index in [9.17, 15) is 8.42 Å². The van der Waals surface area contributed by atoms with Gasteiger partial charge in [-0.25, -0.2) is 13.1 Å². The Bertz CT molecular complexity index is 752. The van der Waals surface area contributed by atoms with Gasteiger partial charge in [0, 0.05) is 25.5 Å². The van der Waals surface area contributed by atoms with Crippen molar-refractivity contribution in [1.82, 2.24) is 14.2 Å². The average molecular weight is 351 g/mol. The van der Waals surface area contributed by atoms with Crippen LogP contribution < -0.4 is 9.46 Å². The van der Waals surface area contributed by atoms with Gasteiger partial charge in [0.25, 0.3) is 0 Å². The lowest BCUT2D eigenvalue weighted by molar-refractivity contribution is 0.289. The van der Waals surface area contributed by atoms with Crippen LogP contribution in [0.25, 0.3) is 0 Å². The Labute approximate surface area is 144 Å². The van der Waals surface area contributed by atoms with Crippen molar-refractivity contribution < 1.29 is 13.2 Å². The van der Waals surface area contributed by atoms with Crippen molar-refractivity contribution in [2.75, 3.05) is 27.2 Å². The van der Waals surface area contributed by atoms with Gasteiger partial charge in [-0.3, -0.25) is 4.90 Å². The minimum atomic E-state index is -3.57. The van der Waals surface area contributed by atoms with E-state index in [-0.39, 0.29) is 10.9 Å². The Morgan fingerprint density at radius 2 is 1.88 bits per heavy atom. The zero-order valence-corrected chi connectivity index (χ0v) is 15.4. The molecule has 1 unspecified atom stereocenters. The molecule has 1 aromatic carbocycles. The van der Waals surface area contributed by atoms with E-state index in [4.69, 9.17) is 4.74 Å². The van der Waals surface area contributed by atoms with Crippen LogP contribution in [0.4, 0.5) is 0 Å². The van der Waals surface area contributed by atoms with Crippen LogP contribution in [0.15, 0.2) is 47.5 Å². The van der Waals surface area contributed by atoms with Crippen LogP contribution in [0.3, 0.4) is 0 Å². The average Bonchev–Trinajstić information content (AvgIpc) is 2.94. The topological polar surface area (TPSA) is 63.6 Å². The highest BCUT2D eigenvalue weighted by Crippen LogP contribution is 2.19. The lowest BCUT2D eigenvalue weighted by Crippen LogP contribution is -2.35. The summed E-state index contributed by atoms with van der Waals surface area (Å²) in [5.41, 5.74) is 1.05. The number of hydrogen-bond donors (Lipinski definition) is 1. The molecule has 1 heterocycles.